The number of carbonyl (C=O) groups excluding carboxylic acids is 3. The molecule has 1 atom stereocenters. The van der Waals surface area contributed by atoms with Gasteiger partial charge in [0.25, 0.3) is 5.91 Å². The third-order valence-electron chi connectivity index (χ3n) is 3.87. The average Bonchev–Trinajstić information content (AvgIpc) is 2.81. The van der Waals surface area contributed by atoms with E-state index in [-0.39, 0.29) is 35.0 Å². The molecular weight excluding hydrogens is 411 g/mol. The van der Waals surface area contributed by atoms with Crippen LogP contribution in [0.3, 0.4) is 0 Å². The Bertz CT molecular complexity index is 775. The number of aromatic hydroxyl groups is 1. The fourth-order valence-corrected chi connectivity index (χ4v) is 3.10. The zero-order chi connectivity index (χ0) is 19.8. The molecule has 7 nitrogen and oxygen atoms in total. The SMILES string of the molecule is CC(C)(C)OC(=O)CC[C@@H](C(N)=O)N1Cc2c(cc(F)c(Br)c2O)C1=O. The molecule has 3 N–H and O–H groups in total. The summed E-state index contributed by atoms with van der Waals surface area (Å²) >= 11 is 2.91. The molecule has 1 aliphatic rings. The van der Waals surface area contributed by atoms with Crippen molar-refractivity contribution in [2.24, 2.45) is 5.73 Å². The van der Waals surface area contributed by atoms with Crippen molar-refractivity contribution in [1.29, 1.82) is 0 Å². The van der Waals surface area contributed by atoms with Gasteiger partial charge in [0.15, 0.2) is 0 Å². The minimum atomic E-state index is -1.08. The van der Waals surface area contributed by atoms with Gasteiger partial charge in [-0.05, 0) is 49.2 Å². The van der Waals surface area contributed by atoms with Crippen molar-refractivity contribution < 1.29 is 28.6 Å². The van der Waals surface area contributed by atoms with Gasteiger partial charge < -0.3 is 20.5 Å². The summed E-state index contributed by atoms with van der Waals surface area (Å²) in [6.45, 7) is 5.03. The van der Waals surface area contributed by atoms with Crippen LogP contribution in [0.25, 0.3) is 0 Å². The molecule has 26 heavy (non-hydrogen) atoms. The van der Waals surface area contributed by atoms with Gasteiger partial charge >= 0.3 is 5.97 Å². The van der Waals surface area contributed by atoms with Crippen LogP contribution in [0, 0.1) is 5.82 Å². The maximum atomic E-state index is 13.8. The molecule has 0 saturated heterocycles. The number of amides is 2. The van der Waals surface area contributed by atoms with Crippen molar-refractivity contribution >= 4 is 33.7 Å². The van der Waals surface area contributed by atoms with E-state index in [0.29, 0.717) is 0 Å². The number of rotatable bonds is 5. The second kappa shape index (κ2) is 7.22. The van der Waals surface area contributed by atoms with Crippen LogP contribution in [0.15, 0.2) is 10.5 Å². The van der Waals surface area contributed by atoms with Crippen molar-refractivity contribution in [3.05, 3.63) is 27.5 Å². The van der Waals surface area contributed by atoms with Gasteiger partial charge in [-0.2, -0.15) is 0 Å². The van der Waals surface area contributed by atoms with Crippen LogP contribution in [-0.2, 0) is 20.9 Å². The second-order valence-electron chi connectivity index (χ2n) is 7.02. The van der Waals surface area contributed by atoms with E-state index < -0.39 is 41.0 Å². The number of fused-ring (bicyclic) bond motifs is 1. The first-order chi connectivity index (χ1) is 11.9. The van der Waals surface area contributed by atoms with Crippen LogP contribution in [0.2, 0.25) is 0 Å². The van der Waals surface area contributed by atoms with Crippen LogP contribution < -0.4 is 5.73 Å². The maximum Gasteiger partial charge on any atom is 0.306 e. The van der Waals surface area contributed by atoms with Crippen molar-refractivity contribution in [2.75, 3.05) is 0 Å². The van der Waals surface area contributed by atoms with E-state index in [1.807, 2.05) is 0 Å². The fourth-order valence-electron chi connectivity index (χ4n) is 2.75. The summed E-state index contributed by atoms with van der Waals surface area (Å²) in [5.74, 6) is -3.14. The zero-order valence-corrected chi connectivity index (χ0v) is 16.2. The molecule has 2 amide bonds. The Morgan fingerprint density at radius 1 is 1.46 bits per heavy atom. The van der Waals surface area contributed by atoms with Crippen molar-refractivity contribution in [2.45, 2.75) is 51.8 Å². The van der Waals surface area contributed by atoms with Crippen molar-refractivity contribution in [3.63, 3.8) is 0 Å². The number of esters is 1. The molecule has 1 aromatic carbocycles. The van der Waals surface area contributed by atoms with Crippen LogP contribution in [0.1, 0.15) is 49.5 Å². The number of nitrogens with two attached hydrogens (primary N) is 1. The lowest BCUT2D eigenvalue weighted by molar-refractivity contribution is -0.155. The molecular formula is C17H20BrFN2O5. The zero-order valence-electron chi connectivity index (χ0n) is 14.6. The van der Waals surface area contributed by atoms with Gasteiger partial charge in [-0.1, -0.05) is 0 Å². The van der Waals surface area contributed by atoms with E-state index in [1.165, 1.54) is 0 Å². The Morgan fingerprint density at radius 3 is 2.62 bits per heavy atom. The first kappa shape index (κ1) is 20.2. The Morgan fingerprint density at radius 2 is 2.08 bits per heavy atom. The summed E-state index contributed by atoms with van der Waals surface area (Å²) < 4.78 is 18.8. The molecule has 2 rings (SSSR count). The molecule has 0 aromatic heterocycles. The van der Waals surface area contributed by atoms with E-state index in [4.69, 9.17) is 10.5 Å². The number of halogens is 2. The molecule has 0 fully saturated rings. The number of ether oxygens (including phenoxy) is 1. The Kier molecular flexibility index (Phi) is 5.60. The van der Waals surface area contributed by atoms with Gasteiger partial charge in [0.1, 0.15) is 23.2 Å². The number of carbonyl (C=O) groups is 3. The molecule has 0 bridgehead atoms. The topological polar surface area (TPSA) is 110 Å². The highest BCUT2D eigenvalue weighted by molar-refractivity contribution is 9.10. The molecule has 1 heterocycles. The summed E-state index contributed by atoms with van der Waals surface area (Å²) in [5.41, 5.74) is 4.89. The van der Waals surface area contributed by atoms with Crippen LogP contribution in [0.4, 0.5) is 4.39 Å². The number of hydrogen-bond acceptors (Lipinski definition) is 5. The van der Waals surface area contributed by atoms with Gasteiger partial charge in [-0.3, -0.25) is 14.4 Å². The molecule has 1 aromatic rings. The Hall–Kier alpha value is -2.16. The maximum absolute atomic E-state index is 13.8. The fraction of sp³-hybridized carbons (Fsp3) is 0.471. The largest absolute Gasteiger partial charge is 0.506 e. The molecule has 142 valence electrons. The minimum Gasteiger partial charge on any atom is -0.506 e. The molecule has 9 heteroatoms. The number of hydrogen-bond donors (Lipinski definition) is 2. The van der Waals surface area contributed by atoms with Crippen LogP contribution >= 0.6 is 15.9 Å². The first-order valence-corrected chi connectivity index (χ1v) is 8.73. The summed E-state index contributed by atoms with van der Waals surface area (Å²) in [6, 6.07) is -0.0865. The molecule has 1 aliphatic heterocycles. The number of phenolic OH excluding ortho intramolecular Hbond substituents is 1. The highest BCUT2D eigenvalue weighted by Gasteiger charge is 2.38. The predicted molar refractivity (Wildman–Crippen MR) is 93.7 cm³/mol. The first-order valence-electron chi connectivity index (χ1n) is 7.94. The summed E-state index contributed by atoms with van der Waals surface area (Å²) in [6.07, 6.45) is -0.149. The molecule has 0 spiro atoms. The van der Waals surface area contributed by atoms with E-state index in [9.17, 15) is 23.9 Å². The van der Waals surface area contributed by atoms with Gasteiger partial charge in [0.05, 0.1) is 16.6 Å². The van der Waals surface area contributed by atoms with Gasteiger partial charge in [-0.25, -0.2) is 4.39 Å². The molecule has 0 saturated carbocycles. The lowest BCUT2D eigenvalue weighted by atomic mass is 10.1. The summed E-state index contributed by atoms with van der Waals surface area (Å²) in [7, 11) is 0. The quantitative estimate of drug-likeness (QED) is 0.695. The summed E-state index contributed by atoms with van der Waals surface area (Å²) in [5, 5.41) is 10.0. The van der Waals surface area contributed by atoms with Crippen LogP contribution in [-0.4, -0.2) is 39.4 Å². The van der Waals surface area contributed by atoms with Crippen molar-refractivity contribution in [1.82, 2.24) is 4.90 Å². The van der Waals surface area contributed by atoms with E-state index in [2.05, 4.69) is 15.9 Å². The van der Waals surface area contributed by atoms with E-state index >= 15 is 0 Å². The van der Waals surface area contributed by atoms with Gasteiger partial charge in [-0.15, -0.1) is 0 Å². The van der Waals surface area contributed by atoms with Crippen LogP contribution in [0.5, 0.6) is 5.75 Å². The number of primary amides is 1. The average molecular weight is 431 g/mol. The number of phenols is 1. The van der Waals surface area contributed by atoms with E-state index in [0.717, 1.165) is 11.0 Å². The summed E-state index contributed by atoms with van der Waals surface area (Å²) in [4.78, 5) is 37.4. The van der Waals surface area contributed by atoms with Gasteiger partial charge in [0, 0.05) is 12.0 Å². The smallest absolute Gasteiger partial charge is 0.306 e. The molecule has 0 aliphatic carbocycles. The Labute approximate surface area is 158 Å². The monoisotopic (exact) mass is 430 g/mol. The lowest BCUT2D eigenvalue weighted by Crippen LogP contribution is -2.45. The highest BCUT2D eigenvalue weighted by Crippen LogP contribution is 2.38. The molecule has 0 unspecified atom stereocenters. The minimum absolute atomic E-state index is 0.0333. The van der Waals surface area contributed by atoms with Crippen molar-refractivity contribution in [3.8, 4) is 5.75 Å². The predicted octanol–water partition coefficient (Wildman–Crippen LogP) is 2.23. The second-order valence-corrected chi connectivity index (χ2v) is 7.82. The third kappa shape index (κ3) is 4.14. The van der Waals surface area contributed by atoms with E-state index in [1.54, 1.807) is 20.8 Å². The molecule has 0 radical (unpaired) electrons. The third-order valence-corrected chi connectivity index (χ3v) is 4.62. The van der Waals surface area contributed by atoms with Gasteiger partial charge in [0.2, 0.25) is 5.91 Å². The number of nitrogens with zero attached hydrogens (tertiary/aromatic N) is 1. The number of benzene rings is 1. The normalized spacial score (nSPS) is 15.0. The Balaban J connectivity index is 2.19. The highest BCUT2D eigenvalue weighted by atomic mass is 79.9. The standard InChI is InChI=1S/C17H20BrFN2O5/c1-17(2,3)26-12(22)5-4-11(15(20)24)21-7-9-8(16(21)25)6-10(19)13(18)14(9)23/h6,11,23H,4-5,7H2,1-3H3,(H2,20,24)/t11-/m0/s1. The lowest BCUT2D eigenvalue weighted by Gasteiger charge is -2.25.